The number of ether oxygens (including phenoxy) is 1. The highest BCUT2D eigenvalue weighted by atomic mass is 19.5. The third-order valence-electron chi connectivity index (χ3n) is 4.72. The number of rotatable bonds is 3. The highest BCUT2D eigenvalue weighted by Gasteiger charge is 2.21. The Hall–Kier alpha value is -2.83. The monoisotopic (exact) mass is 419 g/mol. The van der Waals surface area contributed by atoms with Crippen LogP contribution in [0.15, 0.2) is 48.5 Å². The average Bonchev–Trinajstić information content (AvgIpc) is 2.61. The number of methoxy groups -OCH3 is 1. The molecule has 160 valence electrons. The Morgan fingerprint density at radius 2 is 1.13 bits per heavy atom. The third-order valence-corrected chi connectivity index (χ3v) is 4.72. The maximum absolute atomic E-state index is 9.75. The van der Waals surface area contributed by atoms with E-state index in [0.29, 0.717) is 0 Å². The molecule has 7 heteroatoms. The van der Waals surface area contributed by atoms with Crippen LogP contribution >= 0.6 is 0 Å². The number of nitrogens with zero attached hydrogens (tertiary/aromatic N) is 1. The molecule has 0 aliphatic heterocycles. The molecule has 0 saturated heterocycles. The molecule has 0 radical (unpaired) electrons. The summed E-state index contributed by atoms with van der Waals surface area (Å²) in [7, 11) is -4.30. The Morgan fingerprint density at radius 3 is 1.53 bits per heavy atom. The Bertz CT molecular complexity index is 978. The van der Waals surface area contributed by atoms with Crippen LogP contribution in [0.25, 0.3) is 16.8 Å². The van der Waals surface area contributed by atoms with E-state index in [1.807, 2.05) is 12.1 Å². The van der Waals surface area contributed by atoms with Gasteiger partial charge in [0.2, 0.25) is 5.69 Å². The molecular formula is C23H26BF4NO. The summed E-state index contributed by atoms with van der Waals surface area (Å²) in [6, 6.07) is 17.3. The molecule has 1 heterocycles. The van der Waals surface area contributed by atoms with Crippen molar-refractivity contribution in [3.63, 3.8) is 0 Å². The standard InChI is InChI=1S/C23H26NO.BF4/c1-15-11-16(2)23(17(3)12-15)24-18(4)13-21(14-19(24)5)20-7-9-22(25-6)10-8-20;2-1(3,4)5/h7-14H,1-6H3;/q+1;-1. The molecular weight excluding hydrogens is 393 g/mol. The van der Waals surface area contributed by atoms with E-state index >= 15 is 0 Å². The van der Waals surface area contributed by atoms with E-state index in [1.165, 1.54) is 44.9 Å². The zero-order valence-electron chi connectivity index (χ0n) is 18.1. The van der Waals surface area contributed by atoms with Crippen molar-refractivity contribution in [2.24, 2.45) is 0 Å². The number of benzene rings is 2. The minimum atomic E-state index is -6.00. The molecule has 0 unspecified atom stereocenters. The average molecular weight is 419 g/mol. The number of hydrogen-bond donors (Lipinski definition) is 0. The Kier molecular flexibility index (Phi) is 7.29. The van der Waals surface area contributed by atoms with Gasteiger partial charge < -0.3 is 22.0 Å². The zero-order chi connectivity index (χ0) is 22.6. The Labute approximate surface area is 175 Å². The number of aromatic nitrogens is 1. The summed E-state index contributed by atoms with van der Waals surface area (Å²) >= 11 is 0. The second kappa shape index (κ2) is 9.33. The highest BCUT2D eigenvalue weighted by molar-refractivity contribution is 6.50. The SMILES string of the molecule is COc1ccc(-c2cc(C)[n+](-c3c(C)cc(C)cc3C)c(C)c2)cc1.F[B-](F)(F)F. The van der Waals surface area contributed by atoms with Crippen molar-refractivity contribution in [2.75, 3.05) is 7.11 Å². The van der Waals surface area contributed by atoms with Crippen LogP contribution in [0.1, 0.15) is 28.1 Å². The molecule has 3 rings (SSSR count). The van der Waals surface area contributed by atoms with Gasteiger partial charge in [-0.2, -0.15) is 4.57 Å². The van der Waals surface area contributed by atoms with Crippen LogP contribution in [0.4, 0.5) is 17.3 Å². The number of pyridine rings is 1. The van der Waals surface area contributed by atoms with Gasteiger partial charge in [-0.25, -0.2) is 0 Å². The van der Waals surface area contributed by atoms with Crippen molar-refractivity contribution in [3.05, 3.63) is 76.6 Å². The molecule has 0 N–H and O–H groups in total. The van der Waals surface area contributed by atoms with Gasteiger partial charge in [-0.1, -0.05) is 17.7 Å². The van der Waals surface area contributed by atoms with E-state index in [0.717, 1.165) is 5.75 Å². The van der Waals surface area contributed by atoms with E-state index in [9.17, 15) is 17.3 Å². The lowest BCUT2D eigenvalue weighted by molar-refractivity contribution is -0.610. The highest BCUT2D eigenvalue weighted by Crippen LogP contribution is 2.25. The van der Waals surface area contributed by atoms with Gasteiger partial charge in [0.25, 0.3) is 0 Å². The van der Waals surface area contributed by atoms with Crippen LogP contribution < -0.4 is 9.30 Å². The fraction of sp³-hybridized carbons (Fsp3) is 0.261. The second-order valence-corrected chi connectivity index (χ2v) is 7.33. The minimum absolute atomic E-state index is 0.883. The fourth-order valence-corrected chi connectivity index (χ4v) is 3.73. The summed E-state index contributed by atoms with van der Waals surface area (Å²) in [5, 5.41) is 0. The van der Waals surface area contributed by atoms with Gasteiger partial charge in [-0.15, -0.1) is 0 Å². The zero-order valence-corrected chi connectivity index (χ0v) is 18.1. The van der Waals surface area contributed by atoms with E-state index < -0.39 is 7.25 Å². The van der Waals surface area contributed by atoms with Gasteiger partial charge in [0.1, 0.15) is 5.75 Å². The van der Waals surface area contributed by atoms with E-state index in [4.69, 9.17) is 4.74 Å². The summed E-state index contributed by atoms with van der Waals surface area (Å²) in [6.45, 7) is 10.9. The second-order valence-electron chi connectivity index (χ2n) is 7.33. The van der Waals surface area contributed by atoms with Crippen LogP contribution in [-0.4, -0.2) is 14.4 Å². The molecule has 1 aromatic heterocycles. The van der Waals surface area contributed by atoms with Crippen molar-refractivity contribution in [1.29, 1.82) is 0 Å². The van der Waals surface area contributed by atoms with E-state index in [-0.39, 0.29) is 0 Å². The quantitative estimate of drug-likeness (QED) is 0.269. The van der Waals surface area contributed by atoms with Gasteiger partial charge in [0.15, 0.2) is 11.4 Å². The van der Waals surface area contributed by atoms with Gasteiger partial charge in [0.05, 0.1) is 7.11 Å². The first-order valence-corrected chi connectivity index (χ1v) is 9.54. The van der Waals surface area contributed by atoms with Crippen LogP contribution in [0, 0.1) is 34.6 Å². The number of aryl methyl sites for hydroxylation is 5. The molecule has 0 amide bonds. The Balaban J connectivity index is 0.000000575. The molecule has 2 nitrogen and oxygen atoms in total. The largest absolute Gasteiger partial charge is 0.673 e. The summed E-state index contributed by atoms with van der Waals surface area (Å²) in [4.78, 5) is 0. The van der Waals surface area contributed by atoms with E-state index in [1.54, 1.807) is 7.11 Å². The van der Waals surface area contributed by atoms with Crippen LogP contribution in [-0.2, 0) is 0 Å². The minimum Gasteiger partial charge on any atom is -0.497 e. The molecule has 0 fully saturated rings. The summed E-state index contributed by atoms with van der Waals surface area (Å²) in [6.07, 6.45) is 0. The molecule has 0 atom stereocenters. The van der Waals surface area contributed by atoms with Gasteiger partial charge in [-0.3, -0.25) is 0 Å². The first kappa shape index (κ1) is 23.5. The predicted octanol–water partition coefficient (Wildman–Crippen LogP) is 6.48. The maximum atomic E-state index is 9.75. The smallest absolute Gasteiger partial charge is 0.497 e. The van der Waals surface area contributed by atoms with Crippen molar-refractivity contribution in [3.8, 4) is 22.6 Å². The van der Waals surface area contributed by atoms with Crippen molar-refractivity contribution < 1.29 is 26.6 Å². The molecule has 30 heavy (non-hydrogen) atoms. The molecule has 0 spiro atoms. The topological polar surface area (TPSA) is 13.1 Å². The van der Waals surface area contributed by atoms with Crippen molar-refractivity contribution in [1.82, 2.24) is 0 Å². The lowest BCUT2D eigenvalue weighted by Crippen LogP contribution is -2.39. The summed E-state index contributed by atoms with van der Waals surface area (Å²) in [5.74, 6) is 0.883. The van der Waals surface area contributed by atoms with Gasteiger partial charge in [-0.05, 0) is 56.2 Å². The first-order chi connectivity index (χ1) is 13.9. The predicted molar refractivity (Wildman–Crippen MR) is 114 cm³/mol. The van der Waals surface area contributed by atoms with Gasteiger partial charge >= 0.3 is 7.25 Å². The van der Waals surface area contributed by atoms with Crippen molar-refractivity contribution in [2.45, 2.75) is 34.6 Å². The summed E-state index contributed by atoms with van der Waals surface area (Å²) < 4.78 is 46.6. The first-order valence-electron chi connectivity index (χ1n) is 9.54. The van der Waals surface area contributed by atoms with E-state index in [2.05, 4.69) is 75.6 Å². The van der Waals surface area contributed by atoms with Crippen LogP contribution in [0.3, 0.4) is 0 Å². The molecule has 0 aliphatic carbocycles. The fourth-order valence-electron chi connectivity index (χ4n) is 3.73. The Morgan fingerprint density at radius 1 is 0.700 bits per heavy atom. The maximum Gasteiger partial charge on any atom is 0.673 e. The lowest BCUT2D eigenvalue weighted by Gasteiger charge is -2.12. The van der Waals surface area contributed by atoms with Crippen molar-refractivity contribution >= 4 is 7.25 Å². The molecule has 3 aromatic rings. The number of hydrogen-bond acceptors (Lipinski definition) is 1. The number of halogens is 4. The normalized spacial score (nSPS) is 11.0. The summed E-state index contributed by atoms with van der Waals surface area (Å²) in [5.41, 5.74) is 10.1. The third kappa shape index (κ3) is 6.08. The molecule has 0 saturated carbocycles. The van der Waals surface area contributed by atoms with Crippen LogP contribution in [0.5, 0.6) is 5.75 Å². The van der Waals surface area contributed by atoms with Gasteiger partial charge in [0, 0.05) is 37.1 Å². The lowest BCUT2D eigenvalue weighted by atomic mass is 10.0. The molecule has 0 aliphatic rings. The molecule has 2 aromatic carbocycles. The van der Waals surface area contributed by atoms with Crippen LogP contribution in [0.2, 0.25) is 0 Å². The molecule has 0 bridgehead atoms.